The number of hydrogen-bond donors (Lipinski definition) is 2. The molecule has 9 nitrogen and oxygen atoms in total. The number of benzene rings is 3. The lowest BCUT2D eigenvalue weighted by Crippen LogP contribution is -2.21. The first-order chi connectivity index (χ1) is 16.6. The smallest absolute Gasteiger partial charge is 0.270 e. The van der Waals surface area contributed by atoms with Crippen molar-refractivity contribution in [1.29, 1.82) is 0 Å². The second kappa shape index (κ2) is 11.0. The second-order valence-electron chi connectivity index (χ2n) is 8.00. The molecule has 0 heterocycles. The van der Waals surface area contributed by atoms with E-state index in [-0.39, 0.29) is 16.3 Å². The molecular formula is C25H29N5O4S. The van der Waals surface area contributed by atoms with Crippen molar-refractivity contribution in [2.24, 2.45) is 5.10 Å². The Morgan fingerprint density at radius 1 is 0.971 bits per heavy atom. The van der Waals surface area contributed by atoms with Crippen molar-refractivity contribution in [3.05, 3.63) is 87.5 Å². The van der Waals surface area contributed by atoms with Crippen LogP contribution in [0.25, 0.3) is 0 Å². The number of nitro benzene ring substituents is 1. The first kappa shape index (κ1) is 25.7. The maximum Gasteiger partial charge on any atom is 0.270 e. The van der Waals surface area contributed by atoms with Crippen LogP contribution in [0.5, 0.6) is 0 Å². The molecule has 35 heavy (non-hydrogen) atoms. The van der Waals surface area contributed by atoms with Crippen LogP contribution in [0, 0.1) is 24.0 Å². The van der Waals surface area contributed by atoms with Gasteiger partial charge >= 0.3 is 0 Å². The Labute approximate surface area is 205 Å². The fourth-order valence-corrected chi connectivity index (χ4v) is 4.91. The van der Waals surface area contributed by atoms with Crippen LogP contribution in [0.4, 0.5) is 22.7 Å². The summed E-state index contributed by atoms with van der Waals surface area (Å²) in [5, 5.41) is 15.5. The third-order valence-corrected chi connectivity index (χ3v) is 6.92. The zero-order chi connectivity index (χ0) is 25.6. The minimum atomic E-state index is -4.15. The molecule has 0 aliphatic rings. The third kappa shape index (κ3) is 6.36. The predicted octanol–water partition coefficient (Wildman–Crippen LogP) is 5.30. The Kier molecular flexibility index (Phi) is 8.08. The van der Waals surface area contributed by atoms with E-state index >= 15 is 0 Å². The Morgan fingerprint density at radius 3 is 2.23 bits per heavy atom. The molecule has 0 aromatic heterocycles. The number of nitrogens with zero attached hydrogens (tertiary/aromatic N) is 3. The van der Waals surface area contributed by atoms with Gasteiger partial charge in [0.1, 0.15) is 4.90 Å². The third-order valence-electron chi connectivity index (χ3n) is 5.51. The number of hydrazone groups is 1. The van der Waals surface area contributed by atoms with E-state index in [4.69, 9.17) is 0 Å². The van der Waals surface area contributed by atoms with E-state index in [0.29, 0.717) is 5.69 Å². The fraction of sp³-hybridized carbons (Fsp3) is 0.240. The summed E-state index contributed by atoms with van der Waals surface area (Å²) in [4.78, 5) is 12.6. The Morgan fingerprint density at radius 2 is 1.63 bits per heavy atom. The van der Waals surface area contributed by atoms with Gasteiger partial charge in [-0.1, -0.05) is 29.8 Å². The second-order valence-corrected chi connectivity index (χ2v) is 9.65. The molecular weight excluding hydrogens is 466 g/mol. The summed E-state index contributed by atoms with van der Waals surface area (Å²) in [7, 11) is -4.15. The molecule has 0 saturated carbocycles. The van der Waals surface area contributed by atoms with Gasteiger partial charge in [-0.25, -0.2) is 8.42 Å². The summed E-state index contributed by atoms with van der Waals surface area (Å²) in [6.07, 6.45) is 1.56. The maximum absolute atomic E-state index is 13.2. The molecule has 0 amide bonds. The van der Waals surface area contributed by atoms with Gasteiger partial charge in [-0.05, 0) is 63.1 Å². The zero-order valence-electron chi connectivity index (χ0n) is 20.1. The highest BCUT2D eigenvalue weighted by atomic mass is 32.2. The quantitative estimate of drug-likeness (QED) is 0.224. The van der Waals surface area contributed by atoms with Crippen LogP contribution in [0.2, 0.25) is 0 Å². The number of rotatable bonds is 10. The molecule has 2 N–H and O–H groups in total. The van der Waals surface area contributed by atoms with Gasteiger partial charge in [0.15, 0.2) is 0 Å². The van der Waals surface area contributed by atoms with Gasteiger partial charge in [0, 0.05) is 30.9 Å². The first-order valence-electron chi connectivity index (χ1n) is 11.2. The molecule has 10 heteroatoms. The van der Waals surface area contributed by atoms with Crippen molar-refractivity contribution in [3.63, 3.8) is 0 Å². The van der Waals surface area contributed by atoms with Crippen molar-refractivity contribution in [2.45, 2.75) is 32.6 Å². The van der Waals surface area contributed by atoms with Gasteiger partial charge in [0.2, 0.25) is 0 Å². The highest BCUT2D eigenvalue weighted by Crippen LogP contribution is 2.29. The topological polar surface area (TPSA) is 117 Å². The van der Waals surface area contributed by atoms with Gasteiger partial charge < -0.3 is 4.90 Å². The summed E-state index contributed by atoms with van der Waals surface area (Å²) in [5.74, 6) is 0. The zero-order valence-corrected chi connectivity index (χ0v) is 21.0. The monoisotopic (exact) mass is 495 g/mol. The number of nitro groups is 1. The summed E-state index contributed by atoms with van der Waals surface area (Å²) in [6.45, 7) is 9.68. The van der Waals surface area contributed by atoms with Crippen molar-refractivity contribution in [2.75, 3.05) is 28.1 Å². The molecule has 184 valence electrons. The highest BCUT2D eigenvalue weighted by molar-refractivity contribution is 7.92. The molecule has 0 unspecified atom stereocenters. The summed E-state index contributed by atoms with van der Waals surface area (Å²) < 4.78 is 28.9. The Balaban J connectivity index is 1.88. The summed E-state index contributed by atoms with van der Waals surface area (Å²) in [5.41, 5.74) is 6.52. The van der Waals surface area contributed by atoms with Crippen LogP contribution in [-0.4, -0.2) is 32.6 Å². The van der Waals surface area contributed by atoms with Gasteiger partial charge in [0.05, 0.1) is 22.5 Å². The molecule has 0 aliphatic heterocycles. The Bertz CT molecular complexity index is 1330. The van der Waals surface area contributed by atoms with Gasteiger partial charge in [-0.15, -0.1) is 0 Å². The van der Waals surface area contributed by atoms with Crippen LogP contribution in [0.3, 0.4) is 0 Å². The first-order valence-corrected chi connectivity index (χ1v) is 12.7. The number of sulfonamides is 1. The predicted molar refractivity (Wildman–Crippen MR) is 141 cm³/mol. The van der Waals surface area contributed by atoms with Gasteiger partial charge in [0.25, 0.3) is 15.7 Å². The highest BCUT2D eigenvalue weighted by Gasteiger charge is 2.23. The molecule has 0 fully saturated rings. The van der Waals surface area contributed by atoms with Crippen LogP contribution >= 0.6 is 0 Å². The molecule has 3 rings (SSSR count). The van der Waals surface area contributed by atoms with Crippen molar-refractivity contribution in [1.82, 2.24) is 0 Å². The largest absolute Gasteiger partial charge is 0.372 e. The molecule has 3 aromatic rings. The number of aryl methyl sites for hydroxylation is 2. The molecule has 0 aliphatic carbocycles. The van der Waals surface area contributed by atoms with E-state index in [1.54, 1.807) is 25.3 Å². The average Bonchev–Trinajstić information content (AvgIpc) is 2.82. The van der Waals surface area contributed by atoms with E-state index in [1.165, 1.54) is 12.1 Å². The molecule has 0 spiro atoms. The number of nitrogens with one attached hydrogen (secondary N) is 2. The maximum atomic E-state index is 13.2. The van der Waals surface area contributed by atoms with Crippen LogP contribution in [0.15, 0.2) is 70.7 Å². The van der Waals surface area contributed by atoms with E-state index < -0.39 is 14.9 Å². The van der Waals surface area contributed by atoms with E-state index in [1.807, 2.05) is 37.3 Å². The van der Waals surface area contributed by atoms with E-state index in [2.05, 4.69) is 34.0 Å². The number of anilines is 3. The van der Waals surface area contributed by atoms with Crippen LogP contribution in [0.1, 0.15) is 30.5 Å². The molecule has 0 radical (unpaired) electrons. The number of hydrogen-bond acceptors (Lipinski definition) is 7. The average molecular weight is 496 g/mol. The summed E-state index contributed by atoms with van der Waals surface area (Å²) >= 11 is 0. The molecule has 3 aromatic carbocycles. The van der Waals surface area contributed by atoms with Crippen molar-refractivity contribution >= 4 is 39.0 Å². The molecule has 0 atom stereocenters. The van der Waals surface area contributed by atoms with Crippen LogP contribution in [-0.2, 0) is 10.0 Å². The lowest BCUT2D eigenvalue weighted by atomic mass is 10.1. The van der Waals surface area contributed by atoms with E-state index in [0.717, 1.165) is 41.5 Å². The van der Waals surface area contributed by atoms with Crippen LogP contribution < -0.4 is 15.0 Å². The normalized spacial score (nSPS) is 11.4. The summed E-state index contributed by atoms with van der Waals surface area (Å²) in [6, 6.07) is 16.7. The molecule has 0 saturated heterocycles. The van der Waals surface area contributed by atoms with Gasteiger partial charge in [-0.3, -0.25) is 20.3 Å². The SMILES string of the molecule is CCN(CC)c1ccc(C=NNc2ccc([N+](=O)[O-])cc2S(=O)(=O)Nc2ccc(C)cc2C)cc1. The minimum Gasteiger partial charge on any atom is -0.372 e. The lowest BCUT2D eigenvalue weighted by Gasteiger charge is -2.20. The lowest BCUT2D eigenvalue weighted by molar-refractivity contribution is -0.385. The fourth-order valence-electron chi connectivity index (χ4n) is 3.60. The standard InChI is InChI=1S/C25H29N5O4S/c1-5-29(6-2)21-10-8-20(9-11-21)17-26-27-24-14-12-22(30(31)32)16-25(24)35(33,34)28-23-13-7-18(3)15-19(23)4/h7-17,27-28H,5-6H2,1-4H3. The van der Waals surface area contributed by atoms with Gasteiger partial charge in [-0.2, -0.15) is 5.10 Å². The van der Waals surface area contributed by atoms with Crippen molar-refractivity contribution < 1.29 is 13.3 Å². The van der Waals surface area contributed by atoms with Crippen molar-refractivity contribution in [3.8, 4) is 0 Å². The van der Waals surface area contributed by atoms with E-state index in [9.17, 15) is 18.5 Å². The minimum absolute atomic E-state index is 0.115. The number of non-ortho nitro benzene ring substituents is 1. The Hall–Kier alpha value is -3.92. The molecule has 0 bridgehead atoms.